The van der Waals surface area contributed by atoms with Crippen molar-refractivity contribution in [3.05, 3.63) is 53.7 Å². The highest BCUT2D eigenvalue weighted by Gasteiger charge is 2.20. The first-order valence-corrected chi connectivity index (χ1v) is 7.52. The summed E-state index contributed by atoms with van der Waals surface area (Å²) in [5, 5.41) is 14.9. The fourth-order valence-corrected chi connectivity index (χ4v) is 2.61. The number of rotatable bonds is 5. The molecule has 2 aromatic heterocycles. The lowest BCUT2D eigenvalue weighted by Crippen LogP contribution is -2.11. The molecule has 0 saturated carbocycles. The van der Waals surface area contributed by atoms with Gasteiger partial charge in [-0.15, -0.1) is 16.4 Å². The Labute approximate surface area is 130 Å². The third-order valence-electron chi connectivity index (χ3n) is 2.86. The van der Waals surface area contributed by atoms with Gasteiger partial charge in [0.1, 0.15) is 6.61 Å². The van der Waals surface area contributed by atoms with Crippen molar-refractivity contribution in [2.24, 2.45) is 0 Å². The summed E-state index contributed by atoms with van der Waals surface area (Å²) in [4.78, 5) is 17.1. The van der Waals surface area contributed by atoms with Gasteiger partial charge in [0.05, 0.1) is 17.2 Å². The number of hydrogen-bond acceptors (Lipinski definition) is 6. The van der Waals surface area contributed by atoms with Crippen molar-refractivity contribution >= 4 is 17.3 Å². The molecule has 3 rings (SSSR count). The minimum Gasteiger partial charge on any atom is -0.457 e. The Morgan fingerprint density at radius 1 is 1.23 bits per heavy atom. The number of para-hydroxylation sites is 1. The van der Waals surface area contributed by atoms with E-state index in [1.807, 2.05) is 47.8 Å². The average Bonchev–Trinajstić information content (AvgIpc) is 3.22. The molecule has 0 saturated heterocycles. The van der Waals surface area contributed by atoms with Crippen molar-refractivity contribution < 1.29 is 14.6 Å². The maximum Gasteiger partial charge on any atom is 0.378 e. The monoisotopic (exact) mass is 315 g/mol. The molecule has 0 radical (unpaired) electrons. The van der Waals surface area contributed by atoms with Crippen LogP contribution in [0.3, 0.4) is 0 Å². The predicted octanol–water partition coefficient (Wildman–Crippen LogP) is 2.14. The van der Waals surface area contributed by atoms with Crippen molar-refractivity contribution in [1.29, 1.82) is 0 Å². The molecule has 7 heteroatoms. The van der Waals surface area contributed by atoms with Crippen LogP contribution in [0.4, 0.5) is 0 Å². The number of esters is 1. The molecular formula is C15H13N3O3S. The number of ether oxygens (including phenoxy) is 1. The van der Waals surface area contributed by atoms with E-state index in [2.05, 4.69) is 10.1 Å². The first-order chi connectivity index (χ1) is 10.8. The van der Waals surface area contributed by atoms with E-state index in [1.54, 1.807) is 4.68 Å². The zero-order chi connectivity index (χ0) is 15.4. The highest BCUT2D eigenvalue weighted by molar-refractivity contribution is 7.13. The van der Waals surface area contributed by atoms with Gasteiger partial charge in [0, 0.05) is 0 Å². The molecule has 0 unspecified atom stereocenters. The molecule has 0 aliphatic carbocycles. The Morgan fingerprint density at radius 2 is 2.05 bits per heavy atom. The first-order valence-electron chi connectivity index (χ1n) is 6.64. The number of aliphatic hydroxyl groups excluding tert-OH is 1. The first kappa shape index (κ1) is 14.4. The van der Waals surface area contributed by atoms with Gasteiger partial charge in [-0.05, 0) is 23.6 Å². The van der Waals surface area contributed by atoms with Gasteiger partial charge in [-0.3, -0.25) is 0 Å². The lowest BCUT2D eigenvalue weighted by atomic mass is 10.3. The maximum atomic E-state index is 11.9. The van der Waals surface area contributed by atoms with E-state index >= 15 is 0 Å². The van der Waals surface area contributed by atoms with Crippen molar-refractivity contribution in [2.45, 2.75) is 0 Å². The van der Waals surface area contributed by atoms with E-state index in [1.165, 1.54) is 11.3 Å². The average molecular weight is 315 g/mol. The van der Waals surface area contributed by atoms with E-state index < -0.39 is 5.97 Å². The third-order valence-corrected chi connectivity index (χ3v) is 3.72. The highest BCUT2D eigenvalue weighted by Crippen LogP contribution is 2.25. The predicted molar refractivity (Wildman–Crippen MR) is 82.0 cm³/mol. The van der Waals surface area contributed by atoms with Crippen LogP contribution in [0.1, 0.15) is 10.6 Å². The van der Waals surface area contributed by atoms with Gasteiger partial charge in [0.25, 0.3) is 5.82 Å². The van der Waals surface area contributed by atoms with Gasteiger partial charge < -0.3 is 9.84 Å². The summed E-state index contributed by atoms with van der Waals surface area (Å²) in [5.74, 6) is -0.0978. The number of thiophene rings is 1. The Bertz CT molecular complexity index is 754. The van der Waals surface area contributed by atoms with E-state index in [4.69, 9.17) is 9.84 Å². The van der Waals surface area contributed by atoms with Crippen LogP contribution < -0.4 is 0 Å². The van der Waals surface area contributed by atoms with Crippen molar-refractivity contribution in [1.82, 2.24) is 14.8 Å². The molecule has 22 heavy (non-hydrogen) atoms. The lowest BCUT2D eigenvalue weighted by Gasteiger charge is -2.03. The molecule has 0 atom stereocenters. The minimum atomic E-state index is -0.651. The quantitative estimate of drug-likeness (QED) is 0.730. The normalized spacial score (nSPS) is 10.6. The van der Waals surface area contributed by atoms with Crippen LogP contribution in [0.25, 0.3) is 16.4 Å². The zero-order valence-corrected chi connectivity index (χ0v) is 12.4. The van der Waals surface area contributed by atoms with Crippen molar-refractivity contribution in [2.75, 3.05) is 13.2 Å². The molecule has 0 aliphatic heterocycles. The molecule has 6 nitrogen and oxygen atoms in total. The summed E-state index contributed by atoms with van der Waals surface area (Å²) < 4.78 is 6.49. The smallest absolute Gasteiger partial charge is 0.378 e. The van der Waals surface area contributed by atoms with Crippen molar-refractivity contribution in [3.63, 3.8) is 0 Å². The summed E-state index contributed by atoms with van der Waals surface area (Å²) in [7, 11) is 0. The molecule has 3 aromatic rings. The van der Waals surface area contributed by atoms with Gasteiger partial charge in [0.2, 0.25) is 0 Å². The molecule has 1 N–H and O–H groups in total. The number of hydrogen-bond donors (Lipinski definition) is 1. The standard InChI is InChI=1S/C15H13N3O3S/c19-8-9-21-15(20)13-16-14(12-7-4-10-22-12)18(17-13)11-5-2-1-3-6-11/h1-7,10,19H,8-9H2. The molecule has 0 fully saturated rings. The molecule has 0 amide bonds. The fourth-order valence-electron chi connectivity index (χ4n) is 1.92. The largest absolute Gasteiger partial charge is 0.457 e. The van der Waals surface area contributed by atoms with E-state index in [0.717, 1.165) is 10.6 Å². The third kappa shape index (κ3) is 2.90. The maximum absolute atomic E-state index is 11.9. The molecule has 2 heterocycles. The van der Waals surface area contributed by atoms with Gasteiger partial charge >= 0.3 is 5.97 Å². The number of carbonyl (C=O) groups is 1. The van der Waals surface area contributed by atoms with Crippen molar-refractivity contribution in [3.8, 4) is 16.4 Å². The Morgan fingerprint density at radius 3 is 2.73 bits per heavy atom. The Hall–Kier alpha value is -2.51. The topological polar surface area (TPSA) is 77.2 Å². The number of aliphatic hydroxyl groups is 1. The Kier molecular flexibility index (Phi) is 4.27. The van der Waals surface area contributed by atoms with Gasteiger partial charge in [-0.25, -0.2) is 9.48 Å². The minimum absolute atomic E-state index is 0.0271. The van der Waals surface area contributed by atoms with Gasteiger partial charge in [-0.2, -0.15) is 4.98 Å². The van der Waals surface area contributed by atoms with Crippen LogP contribution >= 0.6 is 11.3 Å². The van der Waals surface area contributed by atoms with Gasteiger partial charge in [0.15, 0.2) is 5.82 Å². The zero-order valence-electron chi connectivity index (χ0n) is 11.5. The molecular weight excluding hydrogens is 302 g/mol. The summed E-state index contributed by atoms with van der Waals surface area (Å²) in [6, 6.07) is 13.3. The van der Waals surface area contributed by atoms with E-state index in [0.29, 0.717) is 5.82 Å². The summed E-state index contributed by atoms with van der Waals surface area (Å²) >= 11 is 1.51. The second kappa shape index (κ2) is 6.50. The van der Waals surface area contributed by atoms with Crippen LogP contribution in [-0.4, -0.2) is 39.1 Å². The number of carbonyl (C=O) groups excluding carboxylic acids is 1. The summed E-state index contributed by atoms with van der Waals surface area (Å²) in [5.41, 5.74) is 0.805. The molecule has 112 valence electrons. The lowest BCUT2D eigenvalue weighted by molar-refractivity contribution is 0.0420. The summed E-state index contributed by atoms with van der Waals surface area (Å²) in [6.45, 7) is -0.310. The molecule has 0 bridgehead atoms. The second-order valence-electron chi connectivity index (χ2n) is 4.34. The Balaban J connectivity index is 2.04. The number of aromatic nitrogens is 3. The SMILES string of the molecule is O=C(OCCO)c1nc(-c2cccs2)n(-c2ccccc2)n1. The molecule has 1 aromatic carbocycles. The molecule has 0 aliphatic rings. The van der Waals surface area contributed by atoms with Crippen LogP contribution in [0.2, 0.25) is 0 Å². The number of nitrogens with zero attached hydrogens (tertiary/aromatic N) is 3. The van der Waals surface area contributed by atoms with Crippen LogP contribution in [0.5, 0.6) is 0 Å². The second-order valence-corrected chi connectivity index (χ2v) is 5.29. The molecule has 0 spiro atoms. The number of benzene rings is 1. The van der Waals surface area contributed by atoms with Crippen LogP contribution in [0.15, 0.2) is 47.8 Å². The van der Waals surface area contributed by atoms with E-state index in [9.17, 15) is 4.79 Å². The fraction of sp³-hybridized carbons (Fsp3) is 0.133. The van der Waals surface area contributed by atoms with E-state index in [-0.39, 0.29) is 19.0 Å². The van der Waals surface area contributed by atoms with Gasteiger partial charge in [-0.1, -0.05) is 24.3 Å². The highest BCUT2D eigenvalue weighted by atomic mass is 32.1. The van der Waals surface area contributed by atoms with Crippen LogP contribution in [0, 0.1) is 0 Å². The van der Waals surface area contributed by atoms with Crippen LogP contribution in [-0.2, 0) is 4.74 Å². The summed E-state index contributed by atoms with van der Waals surface area (Å²) in [6.07, 6.45) is 0.